The first kappa shape index (κ1) is 12.0. The average Bonchev–Trinajstić information content (AvgIpc) is 2.30. The predicted octanol–water partition coefficient (Wildman–Crippen LogP) is 2.90. The van der Waals surface area contributed by atoms with Gasteiger partial charge in [-0.3, -0.25) is 9.59 Å². The largest absolute Gasteiger partial charge is 0.299 e. The molecule has 2 atom stereocenters. The van der Waals surface area contributed by atoms with Gasteiger partial charge in [-0.1, -0.05) is 37.3 Å². The molecule has 0 amide bonds. The molecule has 0 heterocycles. The number of carbonyl (C=O) groups excluding carboxylic acids is 2. The molecule has 1 aliphatic carbocycles. The van der Waals surface area contributed by atoms with E-state index in [1.165, 1.54) is 0 Å². The Labute approximate surface area is 102 Å². The monoisotopic (exact) mass is 230 g/mol. The molecule has 0 spiro atoms. The average molecular weight is 230 g/mol. The van der Waals surface area contributed by atoms with E-state index in [9.17, 15) is 9.59 Å². The van der Waals surface area contributed by atoms with Crippen LogP contribution >= 0.6 is 0 Å². The van der Waals surface area contributed by atoms with Gasteiger partial charge in [0.2, 0.25) is 0 Å². The number of benzene rings is 1. The van der Waals surface area contributed by atoms with Crippen molar-refractivity contribution in [2.75, 3.05) is 0 Å². The Morgan fingerprint density at radius 1 is 1.29 bits per heavy atom. The lowest BCUT2D eigenvalue weighted by Crippen LogP contribution is -2.46. The maximum atomic E-state index is 12.3. The zero-order valence-electron chi connectivity index (χ0n) is 10.4. The van der Waals surface area contributed by atoms with E-state index in [-0.39, 0.29) is 11.6 Å². The van der Waals surface area contributed by atoms with Crippen molar-refractivity contribution in [2.24, 2.45) is 5.92 Å². The molecule has 2 rings (SSSR count). The van der Waals surface area contributed by atoms with E-state index in [1.54, 1.807) is 6.92 Å². The second-order valence-electron chi connectivity index (χ2n) is 5.10. The SMILES string of the molecule is CC(=O)[C@]1(c2ccccc2)CC[C@H](C)CC1=O. The van der Waals surface area contributed by atoms with Crippen molar-refractivity contribution in [1.82, 2.24) is 0 Å². The van der Waals surface area contributed by atoms with Crippen molar-refractivity contribution in [2.45, 2.75) is 38.5 Å². The molecule has 0 aromatic heterocycles. The summed E-state index contributed by atoms with van der Waals surface area (Å²) in [6, 6.07) is 9.49. The van der Waals surface area contributed by atoms with Crippen LogP contribution in [0.2, 0.25) is 0 Å². The molecule has 1 aromatic carbocycles. The van der Waals surface area contributed by atoms with Gasteiger partial charge in [-0.25, -0.2) is 0 Å². The molecule has 2 nitrogen and oxygen atoms in total. The minimum atomic E-state index is -0.867. The van der Waals surface area contributed by atoms with Gasteiger partial charge in [0.05, 0.1) is 0 Å². The zero-order chi connectivity index (χ0) is 12.5. The van der Waals surface area contributed by atoms with Crippen molar-refractivity contribution in [3.05, 3.63) is 35.9 Å². The molecule has 90 valence electrons. The van der Waals surface area contributed by atoms with Crippen LogP contribution in [0, 0.1) is 5.92 Å². The third kappa shape index (κ3) is 1.92. The van der Waals surface area contributed by atoms with Gasteiger partial charge in [-0.15, -0.1) is 0 Å². The number of Topliss-reactive ketones (excluding diaryl/α,β-unsaturated/α-hetero) is 2. The molecule has 1 saturated carbocycles. The van der Waals surface area contributed by atoms with Crippen LogP contribution in [0.4, 0.5) is 0 Å². The van der Waals surface area contributed by atoms with E-state index in [4.69, 9.17) is 0 Å². The van der Waals surface area contributed by atoms with Crippen LogP contribution < -0.4 is 0 Å². The fourth-order valence-corrected chi connectivity index (χ4v) is 2.80. The molecule has 0 radical (unpaired) electrons. The molecular formula is C15H18O2. The quantitative estimate of drug-likeness (QED) is 0.732. The van der Waals surface area contributed by atoms with E-state index in [2.05, 4.69) is 6.92 Å². The first-order valence-electron chi connectivity index (χ1n) is 6.17. The standard InChI is InChI=1S/C15H18O2/c1-11-8-9-15(12(2)16,14(17)10-11)13-6-4-3-5-7-13/h3-7,11H,8-10H2,1-2H3/t11-,15-/m0/s1. The highest BCUT2D eigenvalue weighted by Gasteiger charge is 2.46. The summed E-state index contributed by atoms with van der Waals surface area (Å²) < 4.78 is 0. The molecular weight excluding hydrogens is 212 g/mol. The first-order valence-corrected chi connectivity index (χ1v) is 6.17. The third-order valence-electron chi connectivity index (χ3n) is 3.89. The number of hydrogen-bond acceptors (Lipinski definition) is 2. The van der Waals surface area contributed by atoms with E-state index in [1.807, 2.05) is 30.3 Å². The summed E-state index contributed by atoms with van der Waals surface area (Å²) in [6.45, 7) is 3.62. The Bertz CT molecular complexity index is 435. The lowest BCUT2D eigenvalue weighted by Gasteiger charge is -2.36. The topological polar surface area (TPSA) is 34.1 Å². The Morgan fingerprint density at radius 3 is 2.47 bits per heavy atom. The van der Waals surface area contributed by atoms with E-state index < -0.39 is 5.41 Å². The smallest absolute Gasteiger partial charge is 0.151 e. The third-order valence-corrected chi connectivity index (χ3v) is 3.89. The van der Waals surface area contributed by atoms with Gasteiger partial charge in [-0.05, 0) is 31.2 Å². The van der Waals surface area contributed by atoms with Gasteiger partial charge >= 0.3 is 0 Å². The van der Waals surface area contributed by atoms with E-state index >= 15 is 0 Å². The van der Waals surface area contributed by atoms with Crippen LogP contribution in [-0.2, 0) is 15.0 Å². The fourth-order valence-electron chi connectivity index (χ4n) is 2.80. The first-order chi connectivity index (χ1) is 8.07. The second kappa shape index (κ2) is 4.44. The van der Waals surface area contributed by atoms with Crippen LogP contribution in [0.25, 0.3) is 0 Å². The Morgan fingerprint density at radius 2 is 1.94 bits per heavy atom. The zero-order valence-corrected chi connectivity index (χ0v) is 10.4. The van der Waals surface area contributed by atoms with Crippen LogP contribution in [-0.4, -0.2) is 11.6 Å². The number of carbonyl (C=O) groups is 2. The Hall–Kier alpha value is -1.44. The normalized spacial score (nSPS) is 29.1. The Balaban J connectivity index is 2.48. The maximum absolute atomic E-state index is 12.3. The van der Waals surface area contributed by atoms with Crippen molar-refractivity contribution in [1.29, 1.82) is 0 Å². The summed E-state index contributed by atoms with van der Waals surface area (Å²) >= 11 is 0. The van der Waals surface area contributed by atoms with Gasteiger partial charge in [0, 0.05) is 6.42 Å². The molecule has 17 heavy (non-hydrogen) atoms. The highest BCUT2D eigenvalue weighted by molar-refractivity contribution is 6.12. The summed E-state index contributed by atoms with van der Waals surface area (Å²) in [6.07, 6.45) is 2.13. The van der Waals surface area contributed by atoms with Gasteiger partial charge < -0.3 is 0 Å². The van der Waals surface area contributed by atoms with Gasteiger partial charge in [-0.2, -0.15) is 0 Å². The van der Waals surface area contributed by atoms with Crippen molar-refractivity contribution in [3.8, 4) is 0 Å². The van der Waals surface area contributed by atoms with E-state index in [0.717, 1.165) is 12.0 Å². The van der Waals surface area contributed by atoms with Crippen LogP contribution in [0.5, 0.6) is 0 Å². The van der Waals surface area contributed by atoms with Crippen molar-refractivity contribution >= 4 is 11.6 Å². The van der Waals surface area contributed by atoms with Crippen molar-refractivity contribution in [3.63, 3.8) is 0 Å². The molecule has 1 fully saturated rings. The van der Waals surface area contributed by atoms with Gasteiger partial charge in [0.25, 0.3) is 0 Å². The highest BCUT2D eigenvalue weighted by atomic mass is 16.2. The van der Waals surface area contributed by atoms with Crippen LogP contribution in [0.1, 0.15) is 38.7 Å². The summed E-state index contributed by atoms with van der Waals surface area (Å²) in [7, 11) is 0. The van der Waals surface area contributed by atoms with Crippen LogP contribution in [0.3, 0.4) is 0 Å². The molecule has 0 unspecified atom stereocenters. The number of rotatable bonds is 2. The summed E-state index contributed by atoms with van der Waals surface area (Å²) in [5, 5.41) is 0. The summed E-state index contributed by atoms with van der Waals surface area (Å²) in [4.78, 5) is 24.4. The molecule has 0 saturated heterocycles. The van der Waals surface area contributed by atoms with Gasteiger partial charge in [0.15, 0.2) is 5.78 Å². The van der Waals surface area contributed by atoms with Crippen LogP contribution in [0.15, 0.2) is 30.3 Å². The number of ketones is 2. The molecule has 1 aromatic rings. The Kier molecular flexibility index (Phi) is 3.14. The second-order valence-corrected chi connectivity index (χ2v) is 5.10. The number of hydrogen-bond donors (Lipinski definition) is 0. The van der Waals surface area contributed by atoms with Crippen molar-refractivity contribution < 1.29 is 9.59 Å². The molecule has 0 N–H and O–H groups in total. The fraction of sp³-hybridized carbons (Fsp3) is 0.467. The minimum Gasteiger partial charge on any atom is -0.299 e. The summed E-state index contributed by atoms with van der Waals surface area (Å²) in [5.74, 6) is 0.481. The lowest BCUT2D eigenvalue weighted by atomic mass is 9.64. The molecule has 0 aliphatic heterocycles. The summed E-state index contributed by atoms with van der Waals surface area (Å²) in [5.41, 5.74) is -0.00211. The minimum absolute atomic E-state index is 0.0133. The predicted molar refractivity (Wildman–Crippen MR) is 66.8 cm³/mol. The molecule has 2 heteroatoms. The maximum Gasteiger partial charge on any atom is 0.151 e. The molecule has 0 bridgehead atoms. The van der Waals surface area contributed by atoms with E-state index in [0.29, 0.717) is 18.8 Å². The lowest BCUT2D eigenvalue weighted by molar-refractivity contribution is -0.137. The van der Waals surface area contributed by atoms with Gasteiger partial charge in [0.1, 0.15) is 11.2 Å². The highest BCUT2D eigenvalue weighted by Crippen LogP contribution is 2.39. The molecule has 1 aliphatic rings.